The molecule has 0 radical (unpaired) electrons. The largest absolute Gasteiger partial charge is 0.326 e. The van der Waals surface area contributed by atoms with E-state index >= 15 is 0 Å². The maximum absolute atomic E-state index is 13.4. The van der Waals surface area contributed by atoms with Crippen molar-refractivity contribution in [3.05, 3.63) is 89.4 Å². The van der Waals surface area contributed by atoms with Gasteiger partial charge in [-0.1, -0.05) is 54.1 Å². The van der Waals surface area contributed by atoms with Crippen molar-refractivity contribution in [2.24, 2.45) is 0 Å². The summed E-state index contributed by atoms with van der Waals surface area (Å²) >= 11 is 5.92. The van der Waals surface area contributed by atoms with Gasteiger partial charge in [0.05, 0.1) is 17.5 Å². The van der Waals surface area contributed by atoms with E-state index in [1.165, 1.54) is 0 Å². The van der Waals surface area contributed by atoms with Gasteiger partial charge in [-0.05, 0) is 48.4 Å². The molecule has 1 aromatic heterocycles. The van der Waals surface area contributed by atoms with Crippen molar-refractivity contribution in [2.45, 2.75) is 18.9 Å². The van der Waals surface area contributed by atoms with Crippen LogP contribution in [0.3, 0.4) is 0 Å². The third-order valence-corrected chi connectivity index (χ3v) is 5.91. The fourth-order valence-corrected chi connectivity index (χ4v) is 4.24. The summed E-state index contributed by atoms with van der Waals surface area (Å²) < 4.78 is 1.89. The first-order valence-corrected chi connectivity index (χ1v) is 10.9. The fraction of sp³-hybridized carbons (Fsp3) is 0.160. The number of anilines is 2. The molecule has 6 nitrogen and oxygen atoms in total. The van der Waals surface area contributed by atoms with Crippen LogP contribution < -0.4 is 10.2 Å². The third-order valence-electron chi connectivity index (χ3n) is 5.66. The first-order chi connectivity index (χ1) is 15.6. The number of carbonyl (C=O) groups is 2. The predicted molar refractivity (Wildman–Crippen MR) is 126 cm³/mol. The van der Waals surface area contributed by atoms with Crippen LogP contribution in [-0.2, 0) is 16.0 Å². The summed E-state index contributed by atoms with van der Waals surface area (Å²) in [6.07, 6.45) is 0.732. The topological polar surface area (TPSA) is 67.2 Å². The number of nitrogens with one attached hydrogen (secondary N) is 1. The van der Waals surface area contributed by atoms with Gasteiger partial charge in [0.25, 0.3) is 5.91 Å². The second kappa shape index (κ2) is 8.48. The van der Waals surface area contributed by atoms with Gasteiger partial charge in [0.15, 0.2) is 0 Å². The summed E-state index contributed by atoms with van der Waals surface area (Å²) in [4.78, 5) is 32.6. The Labute approximate surface area is 190 Å². The van der Waals surface area contributed by atoms with E-state index in [0.717, 1.165) is 16.6 Å². The van der Waals surface area contributed by atoms with Crippen LogP contribution in [0.25, 0.3) is 11.0 Å². The molecule has 0 saturated carbocycles. The number of imidazole rings is 1. The minimum absolute atomic E-state index is 0.0245. The maximum atomic E-state index is 13.4. The number of nitrogens with zero attached hydrogens (tertiary/aromatic N) is 3. The quantitative estimate of drug-likeness (QED) is 0.462. The van der Waals surface area contributed by atoms with Gasteiger partial charge in [0, 0.05) is 17.3 Å². The Hall–Kier alpha value is -3.64. The Balaban J connectivity index is 1.41. The lowest BCUT2D eigenvalue weighted by Gasteiger charge is -2.16. The molecule has 0 aliphatic carbocycles. The Morgan fingerprint density at radius 2 is 1.69 bits per heavy atom. The number of fused-ring (bicyclic) bond motifs is 3. The molecule has 32 heavy (non-hydrogen) atoms. The van der Waals surface area contributed by atoms with Crippen LogP contribution in [0.15, 0.2) is 78.9 Å². The van der Waals surface area contributed by atoms with Crippen molar-refractivity contribution in [3.63, 3.8) is 0 Å². The summed E-state index contributed by atoms with van der Waals surface area (Å²) in [5.74, 6) is 0.246. The average Bonchev–Trinajstić information content (AvgIpc) is 3.29. The number of halogens is 1. The minimum atomic E-state index is -0.638. The Kier molecular flexibility index (Phi) is 5.37. The number of hydrogen-bond acceptors (Lipinski definition) is 3. The van der Waals surface area contributed by atoms with Crippen molar-refractivity contribution in [1.29, 1.82) is 0 Å². The molecule has 5 rings (SSSR count). The highest BCUT2D eigenvalue weighted by atomic mass is 35.5. The zero-order chi connectivity index (χ0) is 22.1. The molecular weight excluding hydrogens is 424 g/mol. The van der Waals surface area contributed by atoms with Crippen LogP contribution in [0, 0.1) is 0 Å². The van der Waals surface area contributed by atoms with E-state index in [2.05, 4.69) is 5.32 Å². The molecule has 7 heteroatoms. The highest BCUT2D eigenvalue weighted by molar-refractivity contribution is 6.30. The summed E-state index contributed by atoms with van der Waals surface area (Å²) in [7, 11) is 0. The third kappa shape index (κ3) is 3.85. The van der Waals surface area contributed by atoms with Gasteiger partial charge in [-0.25, -0.2) is 4.98 Å². The molecule has 1 N–H and O–H groups in total. The number of carbonyl (C=O) groups excluding carboxylic acids is 2. The van der Waals surface area contributed by atoms with Gasteiger partial charge in [0.1, 0.15) is 6.04 Å². The van der Waals surface area contributed by atoms with E-state index in [1.807, 2.05) is 59.2 Å². The molecule has 2 heterocycles. The Morgan fingerprint density at radius 1 is 0.969 bits per heavy atom. The molecule has 1 atom stereocenters. The second-order valence-electron chi connectivity index (χ2n) is 7.77. The van der Waals surface area contributed by atoms with Crippen molar-refractivity contribution in [3.8, 4) is 0 Å². The summed E-state index contributed by atoms with van der Waals surface area (Å²) in [6, 6.07) is 24.0. The number of amides is 2. The van der Waals surface area contributed by atoms with E-state index in [9.17, 15) is 9.59 Å². The molecule has 0 fully saturated rings. The summed E-state index contributed by atoms with van der Waals surface area (Å²) in [5.41, 5.74) is 3.44. The summed E-state index contributed by atoms with van der Waals surface area (Å²) in [6.45, 7) is 0.501. The number of benzene rings is 3. The molecule has 0 spiro atoms. The Bertz CT molecular complexity index is 1280. The first kappa shape index (κ1) is 20.3. The molecule has 0 bridgehead atoms. The minimum Gasteiger partial charge on any atom is -0.326 e. The highest BCUT2D eigenvalue weighted by Gasteiger charge is 2.40. The van der Waals surface area contributed by atoms with Gasteiger partial charge in [-0.2, -0.15) is 0 Å². The second-order valence-corrected chi connectivity index (χ2v) is 8.21. The van der Waals surface area contributed by atoms with Crippen LogP contribution in [0.5, 0.6) is 0 Å². The van der Waals surface area contributed by atoms with E-state index in [1.54, 1.807) is 29.2 Å². The lowest BCUT2D eigenvalue weighted by atomic mass is 10.1. The number of hydrogen-bond donors (Lipinski definition) is 1. The molecule has 3 aromatic carbocycles. The normalized spacial score (nSPS) is 15.2. The van der Waals surface area contributed by atoms with Crippen molar-refractivity contribution in [1.82, 2.24) is 9.55 Å². The molecular formula is C25H21ClN4O2. The fourth-order valence-electron chi connectivity index (χ4n) is 4.11. The first-order valence-electron chi connectivity index (χ1n) is 10.5. The van der Waals surface area contributed by atoms with E-state index in [4.69, 9.17) is 16.6 Å². The predicted octanol–water partition coefficient (Wildman–Crippen LogP) is 4.85. The van der Waals surface area contributed by atoms with E-state index in [0.29, 0.717) is 29.6 Å². The van der Waals surface area contributed by atoms with Crippen LogP contribution in [0.2, 0.25) is 5.02 Å². The van der Waals surface area contributed by atoms with Gasteiger partial charge in [-0.3, -0.25) is 19.1 Å². The zero-order valence-electron chi connectivity index (χ0n) is 17.2. The van der Waals surface area contributed by atoms with Gasteiger partial charge >= 0.3 is 0 Å². The smallest absolute Gasteiger partial charge is 0.253 e. The lowest BCUT2D eigenvalue weighted by Crippen LogP contribution is -2.33. The molecule has 0 saturated heterocycles. The molecule has 2 amide bonds. The van der Waals surface area contributed by atoms with Gasteiger partial charge < -0.3 is 5.32 Å². The van der Waals surface area contributed by atoms with Crippen molar-refractivity contribution >= 4 is 46.1 Å². The molecule has 4 aromatic rings. The molecule has 1 aliphatic rings. The van der Waals surface area contributed by atoms with E-state index in [-0.39, 0.29) is 18.2 Å². The zero-order valence-corrected chi connectivity index (χ0v) is 18.0. The SMILES string of the molecule is O=C(CC1C(=O)N(CCc2ccccc2)c2nc3ccccc3n21)Nc1ccc(Cl)cc1. The number of para-hydroxylation sites is 2. The van der Waals surface area contributed by atoms with Gasteiger partial charge in [-0.15, -0.1) is 0 Å². The van der Waals surface area contributed by atoms with Crippen molar-refractivity contribution in [2.75, 3.05) is 16.8 Å². The molecule has 1 unspecified atom stereocenters. The monoisotopic (exact) mass is 444 g/mol. The van der Waals surface area contributed by atoms with Crippen LogP contribution in [-0.4, -0.2) is 27.9 Å². The molecule has 160 valence electrons. The van der Waals surface area contributed by atoms with Crippen LogP contribution >= 0.6 is 11.6 Å². The van der Waals surface area contributed by atoms with Crippen LogP contribution in [0.1, 0.15) is 18.0 Å². The lowest BCUT2D eigenvalue weighted by molar-refractivity contribution is -0.124. The maximum Gasteiger partial charge on any atom is 0.253 e. The highest BCUT2D eigenvalue weighted by Crippen LogP contribution is 2.36. The van der Waals surface area contributed by atoms with E-state index < -0.39 is 6.04 Å². The van der Waals surface area contributed by atoms with Crippen LogP contribution in [0.4, 0.5) is 11.6 Å². The number of rotatable bonds is 6. The average molecular weight is 445 g/mol. The number of aromatic nitrogens is 2. The van der Waals surface area contributed by atoms with Crippen molar-refractivity contribution < 1.29 is 9.59 Å². The standard InChI is InChI=1S/C25H21ClN4O2/c26-18-10-12-19(13-11-18)27-23(31)16-22-24(32)29(15-14-17-6-2-1-3-7-17)25-28-20-8-4-5-9-21(20)30(22)25/h1-13,22H,14-16H2,(H,27,31). The molecule has 1 aliphatic heterocycles. The summed E-state index contributed by atoms with van der Waals surface area (Å²) in [5, 5.41) is 3.45. The van der Waals surface area contributed by atoms with Gasteiger partial charge in [0.2, 0.25) is 11.9 Å². The Morgan fingerprint density at radius 3 is 2.47 bits per heavy atom.